The summed E-state index contributed by atoms with van der Waals surface area (Å²) in [5, 5.41) is 0. The van der Waals surface area contributed by atoms with Crippen molar-refractivity contribution >= 4 is 17.2 Å². The summed E-state index contributed by atoms with van der Waals surface area (Å²) in [6.07, 6.45) is 1.51. The number of carbonyl (C=O) groups is 1. The summed E-state index contributed by atoms with van der Waals surface area (Å²) >= 11 is 0. The quantitative estimate of drug-likeness (QED) is 0.779. The van der Waals surface area contributed by atoms with Crippen LogP contribution in [0.15, 0.2) is 35.3 Å². The third-order valence-corrected chi connectivity index (χ3v) is 2.24. The van der Waals surface area contributed by atoms with Crippen LogP contribution in [0.2, 0.25) is 0 Å². The molecule has 5 heteroatoms. The van der Waals surface area contributed by atoms with Crippen LogP contribution >= 0.6 is 0 Å². The number of carbonyl (C=O) groups excluding carboxylic acids is 1. The van der Waals surface area contributed by atoms with Crippen LogP contribution in [0.3, 0.4) is 0 Å². The SMILES string of the molecule is CC.COC(=O)c1cc(=O)n2cc(N)ccc2c1. The first kappa shape index (κ1) is 13.8. The maximum Gasteiger partial charge on any atom is 0.338 e. The molecule has 0 unspecified atom stereocenters. The van der Waals surface area contributed by atoms with Gasteiger partial charge in [0.25, 0.3) is 5.56 Å². The van der Waals surface area contributed by atoms with E-state index in [2.05, 4.69) is 4.74 Å². The van der Waals surface area contributed by atoms with E-state index >= 15 is 0 Å². The number of nitrogens with two attached hydrogens (primary N) is 1. The second-order valence-corrected chi connectivity index (χ2v) is 3.33. The van der Waals surface area contributed by atoms with E-state index in [4.69, 9.17) is 5.73 Å². The molecule has 0 saturated carbocycles. The maximum atomic E-state index is 11.7. The van der Waals surface area contributed by atoms with Gasteiger partial charge in [0.15, 0.2) is 0 Å². The van der Waals surface area contributed by atoms with E-state index in [0.717, 1.165) is 0 Å². The van der Waals surface area contributed by atoms with E-state index in [1.807, 2.05) is 13.8 Å². The minimum absolute atomic E-state index is 0.234. The van der Waals surface area contributed by atoms with Crippen LogP contribution < -0.4 is 11.3 Å². The Bertz CT molecular complexity index is 617. The molecule has 0 fully saturated rings. The van der Waals surface area contributed by atoms with Gasteiger partial charge in [-0.3, -0.25) is 9.20 Å². The summed E-state index contributed by atoms with van der Waals surface area (Å²) < 4.78 is 5.93. The highest BCUT2D eigenvalue weighted by atomic mass is 16.5. The maximum absolute atomic E-state index is 11.7. The van der Waals surface area contributed by atoms with E-state index in [9.17, 15) is 9.59 Å². The van der Waals surface area contributed by atoms with Gasteiger partial charge < -0.3 is 10.5 Å². The number of hydrogen-bond donors (Lipinski definition) is 1. The topological polar surface area (TPSA) is 73.8 Å². The van der Waals surface area contributed by atoms with Crippen molar-refractivity contribution in [2.24, 2.45) is 0 Å². The van der Waals surface area contributed by atoms with Crippen molar-refractivity contribution in [1.29, 1.82) is 0 Å². The summed E-state index contributed by atoms with van der Waals surface area (Å²) in [5.41, 5.74) is 6.57. The molecular formula is C13H16N2O3. The highest BCUT2D eigenvalue weighted by Crippen LogP contribution is 2.08. The third kappa shape index (κ3) is 2.68. The number of fused-ring (bicyclic) bond motifs is 1. The largest absolute Gasteiger partial charge is 0.465 e. The highest BCUT2D eigenvalue weighted by molar-refractivity contribution is 5.90. The van der Waals surface area contributed by atoms with Crippen molar-refractivity contribution in [1.82, 2.24) is 4.40 Å². The molecule has 5 nitrogen and oxygen atoms in total. The highest BCUT2D eigenvalue weighted by Gasteiger charge is 2.08. The average Bonchev–Trinajstić information content (AvgIpc) is 2.40. The Morgan fingerprint density at radius 2 is 1.94 bits per heavy atom. The Labute approximate surface area is 105 Å². The molecule has 0 radical (unpaired) electrons. The number of pyridine rings is 2. The minimum atomic E-state index is -0.531. The number of ether oxygens (including phenoxy) is 1. The van der Waals surface area contributed by atoms with Crippen molar-refractivity contribution in [3.8, 4) is 0 Å². The zero-order chi connectivity index (χ0) is 13.7. The van der Waals surface area contributed by atoms with Gasteiger partial charge in [-0.1, -0.05) is 13.8 Å². The summed E-state index contributed by atoms with van der Waals surface area (Å²) in [7, 11) is 1.27. The van der Waals surface area contributed by atoms with Crippen molar-refractivity contribution in [2.75, 3.05) is 12.8 Å². The molecule has 0 spiro atoms. The molecule has 2 N–H and O–H groups in total. The lowest BCUT2D eigenvalue weighted by Crippen LogP contribution is -2.16. The van der Waals surface area contributed by atoms with Crippen LogP contribution in [0.25, 0.3) is 5.52 Å². The van der Waals surface area contributed by atoms with Gasteiger partial charge in [0, 0.05) is 23.5 Å². The van der Waals surface area contributed by atoms with E-state index in [-0.39, 0.29) is 11.1 Å². The molecular weight excluding hydrogens is 232 g/mol. The Morgan fingerprint density at radius 1 is 1.28 bits per heavy atom. The van der Waals surface area contributed by atoms with Gasteiger partial charge in [0.2, 0.25) is 0 Å². The van der Waals surface area contributed by atoms with Gasteiger partial charge in [0.05, 0.1) is 12.7 Å². The lowest BCUT2D eigenvalue weighted by atomic mass is 10.2. The number of nitrogen functional groups attached to an aromatic ring is 1. The number of hydrogen-bond acceptors (Lipinski definition) is 4. The summed E-state index contributed by atoms with van der Waals surface area (Å²) in [4.78, 5) is 23.0. The normalized spacial score (nSPS) is 9.50. The van der Waals surface area contributed by atoms with Crippen LogP contribution in [-0.2, 0) is 4.74 Å². The fourth-order valence-electron chi connectivity index (χ4n) is 1.48. The number of aromatic nitrogens is 1. The smallest absolute Gasteiger partial charge is 0.338 e. The van der Waals surface area contributed by atoms with Crippen LogP contribution in [0, 0.1) is 0 Å². The van der Waals surface area contributed by atoms with Gasteiger partial charge in [-0.25, -0.2) is 4.79 Å². The fraction of sp³-hybridized carbons (Fsp3) is 0.231. The first-order valence-corrected chi connectivity index (χ1v) is 5.62. The van der Waals surface area contributed by atoms with E-state index < -0.39 is 5.97 Å². The van der Waals surface area contributed by atoms with Gasteiger partial charge in [-0.2, -0.15) is 0 Å². The molecule has 0 aliphatic rings. The molecule has 0 amide bonds. The predicted octanol–water partition coefficient (Wildman–Crippen LogP) is 1.69. The molecule has 0 aliphatic heterocycles. The molecule has 2 heterocycles. The first-order chi connectivity index (χ1) is 8.61. The van der Waals surface area contributed by atoms with Crippen LogP contribution in [0.5, 0.6) is 0 Å². The molecule has 0 atom stereocenters. The number of anilines is 1. The van der Waals surface area contributed by atoms with Crippen molar-refractivity contribution in [2.45, 2.75) is 13.8 Å². The number of esters is 1. The predicted molar refractivity (Wildman–Crippen MR) is 70.8 cm³/mol. The Morgan fingerprint density at radius 3 is 2.56 bits per heavy atom. The number of nitrogens with zero attached hydrogens (tertiary/aromatic N) is 1. The van der Waals surface area contributed by atoms with Gasteiger partial charge >= 0.3 is 5.97 Å². The van der Waals surface area contributed by atoms with Crippen molar-refractivity contribution in [3.05, 3.63) is 46.4 Å². The Balaban J connectivity index is 0.000000771. The molecule has 2 aromatic heterocycles. The minimum Gasteiger partial charge on any atom is -0.465 e. The lowest BCUT2D eigenvalue weighted by molar-refractivity contribution is 0.0600. The lowest BCUT2D eigenvalue weighted by Gasteiger charge is -2.04. The summed E-state index contributed by atoms with van der Waals surface area (Å²) in [6.45, 7) is 4.00. The number of methoxy groups -OCH3 is 1. The van der Waals surface area contributed by atoms with Crippen molar-refractivity contribution < 1.29 is 9.53 Å². The monoisotopic (exact) mass is 248 g/mol. The van der Waals surface area contributed by atoms with E-state index in [1.54, 1.807) is 18.2 Å². The molecule has 18 heavy (non-hydrogen) atoms. The van der Waals surface area contributed by atoms with Gasteiger partial charge in [-0.15, -0.1) is 0 Å². The van der Waals surface area contributed by atoms with Crippen LogP contribution in [0.1, 0.15) is 24.2 Å². The second kappa shape index (κ2) is 5.86. The van der Waals surface area contributed by atoms with Crippen molar-refractivity contribution in [3.63, 3.8) is 0 Å². The zero-order valence-corrected chi connectivity index (χ0v) is 10.6. The third-order valence-electron chi connectivity index (χ3n) is 2.24. The van der Waals surface area contributed by atoms with Gasteiger partial charge in [0.1, 0.15) is 0 Å². The number of rotatable bonds is 1. The molecule has 0 saturated heterocycles. The molecule has 2 rings (SSSR count). The van der Waals surface area contributed by atoms with E-state index in [1.165, 1.54) is 23.8 Å². The molecule has 0 aromatic carbocycles. The van der Waals surface area contributed by atoms with Crippen LogP contribution in [0.4, 0.5) is 5.69 Å². The summed E-state index contributed by atoms with van der Waals surface area (Å²) in [6, 6.07) is 6.13. The molecule has 0 aliphatic carbocycles. The average molecular weight is 248 g/mol. The standard InChI is InChI=1S/C11H10N2O3.C2H6/c1-16-11(15)7-4-9-3-2-8(12)6-13(9)10(14)5-7;1-2/h2-6H,12H2,1H3;1-2H3. The second-order valence-electron chi connectivity index (χ2n) is 3.33. The molecule has 96 valence electrons. The summed E-state index contributed by atoms with van der Waals surface area (Å²) in [5.74, 6) is -0.531. The molecule has 0 bridgehead atoms. The fourth-order valence-corrected chi connectivity index (χ4v) is 1.48. The van der Waals surface area contributed by atoms with Crippen LogP contribution in [-0.4, -0.2) is 17.5 Å². The van der Waals surface area contributed by atoms with Gasteiger partial charge in [-0.05, 0) is 18.2 Å². The first-order valence-electron chi connectivity index (χ1n) is 5.62. The van der Waals surface area contributed by atoms with E-state index in [0.29, 0.717) is 11.2 Å². The zero-order valence-electron chi connectivity index (χ0n) is 10.6. The Kier molecular flexibility index (Phi) is 4.48. The Hall–Kier alpha value is -2.30. The molecule has 2 aromatic rings.